The van der Waals surface area contributed by atoms with Crippen molar-refractivity contribution in [1.29, 1.82) is 0 Å². The van der Waals surface area contributed by atoms with Gasteiger partial charge in [-0.25, -0.2) is 4.79 Å². The van der Waals surface area contributed by atoms with Crippen molar-refractivity contribution in [3.63, 3.8) is 0 Å². The monoisotopic (exact) mass is 308 g/mol. The van der Waals surface area contributed by atoms with E-state index in [1.165, 1.54) is 0 Å². The first kappa shape index (κ1) is 16.3. The van der Waals surface area contributed by atoms with E-state index in [1.54, 1.807) is 18.2 Å². The van der Waals surface area contributed by atoms with Crippen molar-refractivity contribution in [2.75, 3.05) is 13.2 Å². The highest BCUT2D eigenvalue weighted by Crippen LogP contribution is 2.37. The molecule has 0 aromatic heterocycles. The summed E-state index contributed by atoms with van der Waals surface area (Å²) in [4.78, 5) is 22.8. The molecular formula is C16H20O6. The summed E-state index contributed by atoms with van der Waals surface area (Å²) in [5, 5.41) is 17.5. The molecule has 2 N–H and O–H groups in total. The van der Waals surface area contributed by atoms with Gasteiger partial charge < -0.3 is 19.7 Å². The van der Waals surface area contributed by atoms with Crippen molar-refractivity contribution in [2.45, 2.75) is 38.2 Å². The molecule has 120 valence electrons. The van der Waals surface area contributed by atoms with Crippen LogP contribution in [0.4, 0.5) is 0 Å². The van der Waals surface area contributed by atoms with Gasteiger partial charge in [0.05, 0.1) is 12.0 Å². The Balaban J connectivity index is 2.14. The number of fused-ring (bicyclic) bond motifs is 1. The highest BCUT2D eigenvalue weighted by atomic mass is 16.5. The van der Waals surface area contributed by atoms with Crippen LogP contribution in [0.1, 0.15) is 43.0 Å². The summed E-state index contributed by atoms with van der Waals surface area (Å²) in [6, 6.07) is 4.72. The summed E-state index contributed by atoms with van der Waals surface area (Å²) >= 11 is 0. The third-order valence-electron chi connectivity index (χ3n) is 3.62. The highest BCUT2D eigenvalue weighted by Gasteiger charge is 2.36. The first-order chi connectivity index (χ1) is 10.4. The number of ketones is 1. The zero-order valence-corrected chi connectivity index (χ0v) is 12.5. The zero-order chi connectivity index (χ0) is 16.2. The maximum Gasteiger partial charge on any atom is 0.341 e. The number of ether oxygens (including phenoxy) is 2. The number of carboxylic acid groups (broad SMARTS) is 1. The average molecular weight is 308 g/mol. The fourth-order valence-electron chi connectivity index (χ4n) is 2.54. The van der Waals surface area contributed by atoms with Gasteiger partial charge in [-0.15, -0.1) is 0 Å². The number of benzene rings is 1. The van der Waals surface area contributed by atoms with E-state index < -0.39 is 18.2 Å². The lowest BCUT2D eigenvalue weighted by Crippen LogP contribution is -2.39. The van der Waals surface area contributed by atoms with E-state index in [9.17, 15) is 9.59 Å². The van der Waals surface area contributed by atoms with Gasteiger partial charge in [0.2, 0.25) is 0 Å². The molecule has 6 nitrogen and oxygen atoms in total. The topological polar surface area (TPSA) is 93.1 Å². The molecule has 1 unspecified atom stereocenters. The molecule has 1 aliphatic rings. The maximum atomic E-state index is 12.2. The smallest absolute Gasteiger partial charge is 0.341 e. The van der Waals surface area contributed by atoms with Crippen LogP contribution in [0.3, 0.4) is 0 Å². The van der Waals surface area contributed by atoms with Crippen LogP contribution < -0.4 is 9.47 Å². The molecule has 0 amide bonds. The number of aliphatic carboxylic acids is 1. The number of rotatable bonds is 7. The van der Waals surface area contributed by atoms with E-state index in [0.29, 0.717) is 36.3 Å². The summed E-state index contributed by atoms with van der Waals surface area (Å²) in [5.41, 5.74) is -0.118. The third-order valence-corrected chi connectivity index (χ3v) is 3.62. The fraction of sp³-hybridized carbons (Fsp3) is 0.500. The van der Waals surface area contributed by atoms with Crippen molar-refractivity contribution in [3.8, 4) is 11.5 Å². The zero-order valence-electron chi connectivity index (χ0n) is 12.5. The van der Waals surface area contributed by atoms with Crippen LogP contribution in [0.25, 0.3) is 0 Å². The van der Waals surface area contributed by atoms with Gasteiger partial charge in [0.1, 0.15) is 17.1 Å². The molecule has 0 fully saturated rings. The van der Waals surface area contributed by atoms with Crippen LogP contribution in [0.2, 0.25) is 0 Å². The second-order valence-corrected chi connectivity index (χ2v) is 5.67. The summed E-state index contributed by atoms with van der Waals surface area (Å²) in [6.45, 7) is 1.55. The van der Waals surface area contributed by atoms with Gasteiger partial charge in [0.15, 0.2) is 12.4 Å². The highest BCUT2D eigenvalue weighted by molar-refractivity contribution is 6.00. The van der Waals surface area contributed by atoms with Crippen LogP contribution >= 0.6 is 0 Å². The predicted octanol–water partition coefficient (Wildman–Crippen LogP) is 2.04. The minimum atomic E-state index is -1.07. The summed E-state index contributed by atoms with van der Waals surface area (Å²) in [5.74, 6) is -0.291. The average Bonchev–Trinajstić information content (AvgIpc) is 2.44. The van der Waals surface area contributed by atoms with E-state index in [4.69, 9.17) is 19.7 Å². The molecule has 6 heteroatoms. The first-order valence-electron chi connectivity index (χ1n) is 7.25. The first-order valence-corrected chi connectivity index (χ1v) is 7.25. The van der Waals surface area contributed by atoms with Crippen LogP contribution in [-0.4, -0.2) is 40.8 Å². The third kappa shape index (κ3) is 3.98. The molecule has 1 heterocycles. The number of aliphatic hydroxyl groups excluding tert-OH is 1. The van der Waals surface area contributed by atoms with Crippen LogP contribution in [-0.2, 0) is 4.79 Å². The van der Waals surface area contributed by atoms with Crippen molar-refractivity contribution in [1.82, 2.24) is 0 Å². The van der Waals surface area contributed by atoms with E-state index in [1.807, 2.05) is 6.92 Å². The summed E-state index contributed by atoms with van der Waals surface area (Å²) in [6.07, 6.45) is 2.40. The molecule has 0 bridgehead atoms. The molecule has 0 spiro atoms. The Bertz CT molecular complexity index is 568. The minimum Gasteiger partial charge on any atom is -0.486 e. The van der Waals surface area contributed by atoms with Crippen molar-refractivity contribution >= 4 is 11.8 Å². The standard InChI is InChI=1S/C16H20O6/c1-16(6-2-3-7-17)9-13(18)12-5-4-11(8-14(12)22-16)21-10-15(19)20/h4-5,8,17H,2-3,6-7,9-10H2,1H3,(H,19,20). The van der Waals surface area contributed by atoms with Crippen molar-refractivity contribution < 1.29 is 29.3 Å². The number of carboxylic acids is 1. The molecule has 1 aromatic carbocycles. The number of carbonyl (C=O) groups excluding carboxylic acids is 1. The molecule has 0 aliphatic carbocycles. The Morgan fingerprint density at radius 1 is 1.41 bits per heavy atom. The van der Waals surface area contributed by atoms with Crippen molar-refractivity contribution in [3.05, 3.63) is 23.8 Å². The number of carbonyl (C=O) groups is 2. The molecule has 1 atom stereocenters. The number of hydrogen-bond donors (Lipinski definition) is 2. The van der Waals surface area contributed by atoms with Gasteiger partial charge in [-0.1, -0.05) is 0 Å². The summed E-state index contributed by atoms with van der Waals surface area (Å²) in [7, 11) is 0. The second-order valence-electron chi connectivity index (χ2n) is 5.67. The van der Waals surface area contributed by atoms with E-state index in [0.717, 1.165) is 6.42 Å². The molecule has 22 heavy (non-hydrogen) atoms. The van der Waals surface area contributed by atoms with Gasteiger partial charge in [0, 0.05) is 12.7 Å². The Morgan fingerprint density at radius 2 is 2.18 bits per heavy atom. The lowest BCUT2D eigenvalue weighted by atomic mass is 9.87. The van der Waals surface area contributed by atoms with Gasteiger partial charge in [-0.3, -0.25) is 4.79 Å². The van der Waals surface area contributed by atoms with Crippen LogP contribution in [0, 0.1) is 0 Å². The number of Topliss-reactive ketones (excluding diaryl/α,β-unsaturated/α-hetero) is 1. The normalized spacial score (nSPS) is 20.2. The Kier molecular flexibility index (Phi) is 5.03. The molecule has 0 saturated carbocycles. The van der Waals surface area contributed by atoms with Gasteiger partial charge in [0.25, 0.3) is 0 Å². The number of hydrogen-bond acceptors (Lipinski definition) is 5. The lowest BCUT2D eigenvalue weighted by molar-refractivity contribution is -0.139. The SMILES string of the molecule is CC1(CCCCO)CC(=O)c2ccc(OCC(=O)O)cc2O1. The predicted molar refractivity (Wildman–Crippen MR) is 78.5 cm³/mol. The lowest BCUT2D eigenvalue weighted by Gasteiger charge is -2.35. The second kappa shape index (κ2) is 6.79. The summed E-state index contributed by atoms with van der Waals surface area (Å²) < 4.78 is 11.1. The van der Waals surface area contributed by atoms with Gasteiger partial charge in [-0.05, 0) is 38.3 Å². The number of unbranched alkanes of at least 4 members (excludes halogenated alkanes) is 1. The maximum absolute atomic E-state index is 12.2. The quantitative estimate of drug-likeness (QED) is 0.749. The van der Waals surface area contributed by atoms with E-state index >= 15 is 0 Å². The minimum absolute atomic E-state index is 0.00228. The molecule has 0 radical (unpaired) electrons. The molecule has 0 saturated heterocycles. The van der Waals surface area contributed by atoms with Crippen LogP contribution in [0.15, 0.2) is 18.2 Å². The Morgan fingerprint density at radius 3 is 2.86 bits per heavy atom. The Labute approximate surface area is 128 Å². The molecule has 1 aromatic rings. The van der Waals surface area contributed by atoms with E-state index in [-0.39, 0.29) is 12.4 Å². The molecule has 2 rings (SSSR count). The largest absolute Gasteiger partial charge is 0.486 e. The van der Waals surface area contributed by atoms with E-state index in [2.05, 4.69) is 0 Å². The van der Waals surface area contributed by atoms with Gasteiger partial charge in [-0.2, -0.15) is 0 Å². The van der Waals surface area contributed by atoms with Crippen molar-refractivity contribution in [2.24, 2.45) is 0 Å². The Hall–Kier alpha value is -2.08. The van der Waals surface area contributed by atoms with Gasteiger partial charge >= 0.3 is 5.97 Å². The molecule has 1 aliphatic heterocycles. The van der Waals surface area contributed by atoms with Crippen LogP contribution in [0.5, 0.6) is 11.5 Å². The fourth-order valence-corrected chi connectivity index (χ4v) is 2.54. The molecular weight excluding hydrogens is 288 g/mol. The number of aliphatic hydroxyl groups is 1.